The van der Waals surface area contributed by atoms with E-state index in [-0.39, 0.29) is 15.7 Å². The van der Waals surface area contributed by atoms with Crippen molar-refractivity contribution in [1.82, 2.24) is 15.2 Å². The highest BCUT2D eigenvalue weighted by Crippen LogP contribution is 2.22. The van der Waals surface area contributed by atoms with Crippen LogP contribution < -0.4 is 10.5 Å². The van der Waals surface area contributed by atoms with Crippen LogP contribution in [-0.2, 0) is 16.4 Å². The molecule has 2 aromatic heterocycles. The van der Waals surface area contributed by atoms with Gasteiger partial charge < -0.3 is 5.73 Å². The first kappa shape index (κ1) is 12.7. The van der Waals surface area contributed by atoms with Crippen LogP contribution in [0.3, 0.4) is 0 Å². The number of sulfonamides is 1. The Kier molecular flexibility index (Phi) is 3.43. The SMILES string of the molecule is CCc1nnc(NS(=O)(=O)c2cnccc2N)s1. The Morgan fingerprint density at radius 3 is 2.83 bits per heavy atom. The maximum Gasteiger partial charge on any atom is 0.267 e. The normalized spacial score (nSPS) is 11.4. The third-order valence-corrected chi connectivity index (χ3v) is 4.59. The van der Waals surface area contributed by atoms with E-state index in [2.05, 4.69) is 19.9 Å². The summed E-state index contributed by atoms with van der Waals surface area (Å²) in [6.07, 6.45) is 3.32. The monoisotopic (exact) mass is 285 g/mol. The van der Waals surface area contributed by atoms with Crippen LogP contribution in [0.5, 0.6) is 0 Å². The van der Waals surface area contributed by atoms with Gasteiger partial charge in [0.1, 0.15) is 9.90 Å². The minimum atomic E-state index is -3.77. The summed E-state index contributed by atoms with van der Waals surface area (Å²) in [7, 11) is -3.77. The lowest BCUT2D eigenvalue weighted by atomic mass is 10.4. The van der Waals surface area contributed by atoms with Gasteiger partial charge in [-0.25, -0.2) is 8.42 Å². The lowest BCUT2D eigenvalue weighted by Crippen LogP contribution is -2.14. The number of nitrogens with two attached hydrogens (primary N) is 1. The molecule has 96 valence electrons. The number of hydrogen-bond acceptors (Lipinski definition) is 7. The molecule has 2 aromatic rings. The van der Waals surface area contributed by atoms with Gasteiger partial charge >= 0.3 is 0 Å². The molecule has 2 heterocycles. The van der Waals surface area contributed by atoms with Gasteiger partial charge in [-0.3, -0.25) is 9.71 Å². The van der Waals surface area contributed by atoms with Gasteiger partial charge in [0.05, 0.1) is 5.69 Å². The average molecular weight is 285 g/mol. The lowest BCUT2D eigenvalue weighted by molar-refractivity contribution is 0.601. The second-order valence-electron chi connectivity index (χ2n) is 3.37. The van der Waals surface area contributed by atoms with Crippen LogP contribution in [0, 0.1) is 0 Å². The number of nitrogens with zero attached hydrogens (tertiary/aromatic N) is 3. The molecule has 0 fully saturated rings. The maximum absolute atomic E-state index is 12.0. The van der Waals surface area contributed by atoms with Gasteiger partial charge in [-0.1, -0.05) is 18.3 Å². The summed E-state index contributed by atoms with van der Waals surface area (Å²) in [5.74, 6) is 0. The highest BCUT2D eigenvalue weighted by molar-refractivity contribution is 7.93. The molecule has 0 aromatic carbocycles. The van der Waals surface area contributed by atoms with E-state index in [4.69, 9.17) is 5.73 Å². The van der Waals surface area contributed by atoms with Crippen LogP contribution in [0.2, 0.25) is 0 Å². The Morgan fingerprint density at radius 1 is 1.44 bits per heavy atom. The molecule has 3 N–H and O–H groups in total. The van der Waals surface area contributed by atoms with Crippen molar-refractivity contribution in [2.24, 2.45) is 0 Å². The molecule has 0 bridgehead atoms. The van der Waals surface area contributed by atoms with E-state index in [1.165, 1.54) is 29.8 Å². The Labute approximate surface area is 108 Å². The molecule has 0 unspecified atom stereocenters. The van der Waals surface area contributed by atoms with Gasteiger partial charge in [0, 0.05) is 12.4 Å². The van der Waals surface area contributed by atoms with Gasteiger partial charge in [0.2, 0.25) is 5.13 Å². The molecule has 0 amide bonds. The summed E-state index contributed by atoms with van der Waals surface area (Å²) < 4.78 is 26.4. The van der Waals surface area contributed by atoms with Crippen LogP contribution in [0.1, 0.15) is 11.9 Å². The number of anilines is 2. The smallest absolute Gasteiger partial charge is 0.267 e. The summed E-state index contributed by atoms with van der Waals surface area (Å²) in [4.78, 5) is 3.67. The third-order valence-electron chi connectivity index (χ3n) is 2.10. The van der Waals surface area contributed by atoms with Crippen molar-refractivity contribution in [2.45, 2.75) is 18.2 Å². The van der Waals surface area contributed by atoms with Gasteiger partial charge in [-0.2, -0.15) is 0 Å². The van der Waals surface area contributed by atoms with Crippen LogP contribution >= 0.6 is 11.3 Å². The quantitative estimate of drug-likeness (QED) is 0.862. The van der Waals surface area contributed by atoms with Gasteiger partial charge in [-0.05, 0) is 12.5 Å². The maximum atomic E-state index is 12.0. The number of nitrogen functional groups attached to an aromatic ring is 1. The Balaban J connectivity index is 2.30. The second-order valence-corrected chi connectivity index (χ2v) is 6.09. The molecule has 0 spiro atoms. The number of rotatable bonds is 4. The molecule has 2 rings (SSSR count). The van der Waals surface area contributed by atoms with Crippen molar-refractivity contribution in [3.05, 3.63) is 23.5 Å². The van der Waals surface area contributed by atoms with E-state index >= 15 is 0 Å². The molecular weight excluding hydrogens is 274 g/mol. The summed E-state index contributed by atoms with van der Waals surface area (Å²) in [5, 5.41) is 8.55. The predicted octanol–water partition coefficient (Wildman–Crippen LogP) is 0.879. The van der Waals surface area contributed by atoms with Crippen molar-refractivity contribution in [2.75, 3.05) is 10.5 Å². The van der Waals surface area contributed by atoms with E-state index in [1.807, 2.05) is 6.92 Å². The highest BCUT2D eigenvalue weighted by atomic mass is 32.2. The van der Waals surface area contributed by atoms with Crippen molar-refractivity contribution in [3.63, 3.8) is 0 Å². The molecule has 0 saturated heterocycles. The van der Waals surface area contributed by atoms with E-state index in [0.717, 1.165) is 5.01 Å². The van der Waals surface area contributed by atoms with Gasteiger partial charge in [0.25, 0.3) is 10.0 Å². The second kappa shape index (κ2) is 4.86. The predicted molar refractivity (Wildman–Crippen MR) is 68.7 cm³/mol. The van der Waals surface area contributed by atoms with Gasteiger partial charge in [0.15, 0.2) is 0 Å². The van der Waals surface area contributed by atoms with Gasteiger partial charge in [-0.15, -0.1) is 10.2 Å². The van der Waals surface area contributed by atoms with Crippen molar-refractivity contribution in [3.8, 4) is 0 Å². The highest BCUT2D eigenvalue weighted by Gasteiger charge is 2.19. The minimum absolute atomic E-state index is 0.0711. The van der Waals surface area contributed by atoms with Crippen LogP contribution in [-0.4, -0.2) is 23.6 Å². The summed E-state index contributed by atoms with van der Waals surface area (Å²) in [6.45, 7) is 1.91. The van der Waals surface area contributed by atoms with Crippen LogP contribution in [0.25, 0.3) is 0 Å². The topological polar surface area (TPSA) is 111 Å². The molecule has 0 aliphatic rings. The molecule has 7 nitrogen and oxygen atoms in total. The molecule has 0 atom stereocenters. The standard InChI is InChI=1S/C9H11N5O2S2/c1-2-8-12-13-9(17-8)14-18(15,16)7-5-11-4-3-6(7)10/h3-5H,2H2,1H3,(H2,10,11)(H,13,14). The first-order valence-electron chi connectivity index (χ1n) is 5.07. The van der Waals surface area contributed by atoms with E-state index in [9.17, 15) is 8.42 Å². The molecule has 9 heteroatoms. The number of hydrogen-bond donors (Lipinski definition) is 2. The zero-order valence-corrected chi connectivity index (χ0v) is 11.1. The first-order valence-corrected chi connectivity index (χ1v) is 7.37. The molecule has 18 heavy (non-hydrogen) atoms. The van der Waals surface area contributed by atoms with Crippen molar-refractivity contribution >= 4 is 32.2 Å². The summed E-state index contributed by atoms with van der Waals surface area (Å²) >= 11 is 1.19. The van der Waals surface area contributed by atoms with Crippen LogP contribution in [0.15, 0.2) is 23.4 Å². The largest absolute Gasteiger partial charge is 0.398 e. The van der Waals surface area contributed by atoms with Crippen molar-refractivity contribution in [1.29, 1.82) is 0 Å². The fourth-order valence-corrected chi connectivity index (χ4v) is 3.21. The zero-order valence-electron chi connectivity index (χ0n) is 9.49. The Hall–Kier alpha value is -1.74. The first-order chi connectivity index (χ1) is 8.53. The average Bonchev–Trinajstić information content (AvgIpc) is 2.76. The fraction of sp³-hybridized carbons (Fsp3) is 0.222. The van der Waals surface area contributed by atoms with Crippen molar-refractivity contribution < 1.29 is 8.42 Å². The minimum Gasteiger partial charge on any atom is -0.398 e. The molecule has 0 aliphatic carbocycles. The number of aromatic nitrogens is 3. The van der Waals surface area contributed by atoms with Crippen LogP contribution in [0.4, 0.5) is 10.8 Å². The van der Waals surface area contributed by atoms with E-state index in [0.29, 0.717) is 6.42 Å². The number of aryl methyl sites for hydroxylation is 1. The van der Waals surface area contributed by atoms with E-state index in [1.54, 1.807) is 0 Å². The number of nitrogens with one attached hydrogen (secondary N) is 1. The summed E-state index contributed by atoms with van der Waals surface area (Å²) in [6, 6.07) is 1.42. The number of pyridine rings is 1. The molecule has 0 radical (unpaired) electrons. The Bertz CT molecular complexity index is 652. The van der Waals surface area contributed by atoms with E-state index < -0.39 is 10.0 Å². The Morgan fingerprint density at radius 2 is 2.22 bits per heavy atom. The molecular formula is C9H11N5O2S2. The zero-order chi connectivity index (χ0) is 13.2. The third kappa shape index (κ3) is 2.57. The fourth-order valence-electron chi connectivity index (χ4n) is 1.22. The lowest BCUT2D eigenvalue weighted by Gasteiger charge is -2.06. The molecule has 0 saturated carbocycles. The molecule has 0 aliphatic heterocycles. The summed E-state index contributed by atoms with van der Waals surface area (Å²) in [5.41, 5.74) is 5.74.